The summed E-state index contributed by atoms with van der Waals surface area (Å²) in [5.41, 5.74) is 1.71. The molecule has 3 nitrogen and oxygen atoms in total. The number of halogens is 1. The largest absolute Gasteiger partial charge is 0.380 e. The highest BCUT2D eigenvalue weighted by Gasteiger charge is 2.07. The van der Waals surface area contributed by atoms with Crippen molar-refractivity contribution in [3.63, 3.8) is 0 Å². The molecule has 1 aromatic heterocycles. The van der Waals surface area contributed by atoms with Crippen molar-refractivity contribution in [2.24, 2.45) is 0 Å². The molecule has 4 heteroatoms. The highest BCUT2D eigenvalue weighted by Crippen LogP contribution is 2.18. The van der Waals surface area contributed by atoms with Gasteiger partial charge in [0.05, 0.1) is 5.69 Å². The summed E-state index contributed by atoms with van der Waals surface area (Å²) in [6.45, 7) is 3.70. The van der Waals surface area contributed by atoms with Gasteiger partial charge < -0.3 is 9.88 Å². The Morgan fingerprint density at radius 1 is 1.37 bits per heavy atom. The van der Waals surface area contributed by atoms with Gasteiger partial charge in [-0.1, -0.05) is 13.0 Å². The summed E-state index contributed by atoms with van der Waals surface area (Å²) >= 11 is 0. The van der Waals surface area contributed by atoms with E-state index in [9.17, 15) is 4.39 Å². The lowest BCUT2D eigenvalue weighted by atomic mass is 10.2. The van der Waals surface area contributed by atoms with E-state index in [4.69, 9.17) is 5.26 Å². The van der Waals surface area contributed by atoms with Crippen molar-refractivity contribution < 1.29 is 4.39 Å². The van der Waals surface area contributed by atoms with E-state index in [0.717, 1.165) is 18.5 Å². The first-order valence-electron chi connectivity index (χ1n) is 6.31. The van der Waals surface area contributed by atoms with Gasteiger partial charge >= 0.3 is 0 Å². The predicted molar refractivity (Wildman–Crippen MR) is 73.2 cm³/mol. The second kappa shape index (κ2) is 6.05. The number of hydrogen-bond donors (Lipinski definition) is 1. The van der Waals surface area contributed by atoms with Crippen LogP contribution in [0.4, 0.5) is 10.1 Å². The lowest BCUT2D eigenvalue weighted by Gasteiger charge is -2.07. The van der Waals surface area contributed by atoms with Crippen LogP contribution in [0.5, 0.6) is 0 Å². The van der Waals surface area contributed by atoms with Crippen molar-refractivity contribution in [3.8, 4) is 6.07 Å². The number of benzene rings is 1. The molecule has 1 heterocycles. The van der Waals surface area contributed by atoms with Crippen molar-refractivity contribution in [2.45, 2.75) is 26.4 Å². The molecule has 1 N–H and O–H groups in total. The zero-order chi connectivity index (χ0) is 13.7. The van der Waals surface area contributed by atoms with Gasteiger partial charge in [0, 0.05) is 25.5 Å². The molecule has 0 radical (unpaired) electrons. The smallest absolute Gasteiger partial charge is 0.143 e. The second-order valence-corrected chi connectivity index (χ2v) is 4.39. The number of aromatic nitrogens is 1. The Labute approximate surface area is 112 Å². The monoisotopic (exact) mass is 257 g/mol. The molecule has 0 aliphatic carbocycles. The van der Waals surface area contributed by atoms with Crippen LogP contribution in [0.25, 0.3) is 0 Å². The summed E-state index contributed by atoms with van der Waals surface area (Å²) in [7, 11) is 0. The Hall–Kier alpha value is -2.28. The average molecular weight is 257 g/mol. The second-order valence-electron chi connectivity index (χ2n) is 4.39. The third kappa shape index (κ3) is 3.14. The van der Waals surface area contributed by atoms with Crippen molar-refractivity contribution in [1.82, 2.24) is 4.57 Å². The van der Waals surface area contributed by atoms with Crippen LogP contribution in [0.15, 0.2) is 36.7 Å². The van der Waals surface area contributed by atoms with Crippen LogP contribution in [-0.2, 0) is 13.1 Å². The Kier molecular flexibility index (Phi) is 4.19. The zero-order valence-electron chi connectivity index (χ0n) is 10.9. The van der Waals surface area contributed by atoms with Crippen LogP contribution in [-0.4, -0.2) is 4.57 Å². The number of hydrogen-bond acceptors (Lipinski definition) is 2. The minimum absolute atomic E-state index is 0.0653. The fraction of sp³-hybridized carbons (Fsp3) is 0.267. The molecule has 0 saturated carbocycles. The first-order valence-corrected chi connectivity index (χ1v) is 6.31. The third-order valence-corrected chi connectivity index (χ3v) is 2.90. The number of aryl methyl sites for hydroxylation is 1. The summed E-state index contributed by atoms with van der Waals surface area (Å²) in [5, 5.41) is 12.0. The number of nitrogens with one attached hydrogen (secondary N) is 1. The van der Waals surface area contributed by atoms with Crippen molar-refractivity contribution >= 4 is 5.69 Å². The average Bonchev–Trinajstić information content (AvgIpc) is 2.84. The SMILES string of the molecule is CCCn1ccc(CNc2cccc(F)c2C#N)c1. The van der Waals surface area contributed by atoms with E-state index in [1.54, 1.807) is 12.1 Å². The van der Waals surface area contributed by atoms with Gasteiger partial charge in [-0.25, -0.2) is 4.39 Å². The quantitative estimate of drug-likeness (QED) is 0.890. The van der Waals surface area contributed by atoms with Crippen LogP contribution in [0.3, 0.4) is 0 Å². The molecule has 0 unspecified atom stereocenters. The van der Waals surface area contributed by atoms with Gasteiger partial charge in [-0.15, -0.1) is 0 Å². The minimum Gasteiger partial charge on any atom is -0.380 e. The molecular formula is C15H16FN3. The van der Waals surface area contributed by atoms with Gasteiger partial charge in [-0.05, 0) is 30.2 Å². The van der Waals surface area contributed by atoms with E-state index in [2.05, 4.69) is 23.0 Å². The van der Waals surface area contributed by atoms with Gasteiger partial charge in [0.2, 0.25) is 0 Å². The third-order valence-electron chi connectivity index (χ3n) is 2.90. The molecule has 0 spiro atoms. The van der Waals surface area contributed by atoms with Crippen molar-refractivity contribution in [2.75, 3.05) is 5.32 Å². The lowest BCUT2D eigenvalue weighted by molar-refractivity contribution is 0.624. The summed E-state index contributed by atoms with van der Waals surface area (Å²) in [6.07, 6.45) is 5.17. The maximum Gasteiger partial charge on any atom is 0.143 e. The maximum absolute atomic E-state index is 13.4. The minimum atomic E-state index is -0.490. The van der Waals surface area contributed by atoms with Crippen LogP contribution in [0.1, 0.15) is 24.5 Å². The van der Waals surface area contributed by atoms with Gasteiger partial charge in [0.15, 0.2) is 0 Å². The molecule has 1 aromatic carbocycles. The molecule has 2 aromatic rings. The number of nitriles is 1. The van der Waals surface area contributed by atoms with E-state index in [0.29, 0.717) is 12.2 Å². The normalized spacial score (nSPS) is 10.2. The van der Waals surface area contributed by atoms with Crippen LogP contribution in [0, 0.1) is 17.1 Å². The highest BCUT2D eigenvalue weighted by atomic mass is 19.1. The van der Waals surface area contributed by atoms with Gasteiger partial charge in [0.1, 0.15) is 17.4 Å². The number of rotatable bonds is 5. The highest BCUT2D eigenvalue weighted by molar-refractivity contribution is 5.58. The van der Waals surface area contributed by atoms with E-state index in [1.165, 1.54) is 6.07 Å². The summed E-state index contributed by atoms with van der Waals surface area (Å²) in [6, 6.07) is 8.51. The first kappa shape index (κ1) is 13.2. The lowest BCUT2D eigenvalue weighted by Crippen LogP contribution is -2.02. The first-order chi connectivity index (χ1) is 9.24. The summed E-state index contributed by atoms with van der Waals surface area (Å²) in [5.74, 6) is -0.490. The van der Waals surface area contributed by atoms with Gasteiger partial charge in [-0.2, -0.15) is 5.26 Å². The molecule has 0 saturated heterocycles. The Morgan fingerprint density at radius 2 is 2.21 bits per heavy atom. The Morgan fingerprint density at radius 3 is 2.95 bits per heavy atom. The zero-order valence-corrected chi connectivity index (χ0v) is 10.9. The van der Waals surface area contributed by atoms with Gasteiger partial charge in [-0.3, -0.25) is 0 Å². The molecule has 98 valence electrons. The van der Waals surface area contributed by atoms with Crippen molar-refractivity contribution in [1.29, 1.82) is 5.26 Å². The fourth-order valence-corrected chi connectivity index (χ4v) is 1.97. The molecule has 0 bridgehead atoms. The van der Waals surface area contributed by atoms with E-state index >= 15 is 0 Å². The molecule has 0 amide bonds. The predicted octanol–water partition coefficient (Wildman–Crippen LogP) is 3.52. The number of nitrogens with zero attached hydrogens (tertiary/aromatic N) is 2. The van der Waals surface area contributed by atoms with E-state index < -0.39 is 5.82 Å². The molecular weight excluding hydrogens is 241 g/mol. The van der Waals surface area contributed by atoms with E-state index in [-0.39, 0.29) is 5.56 Å². The molecule has 0 atom stereocenters. The van der Waals surface area contributed by atoms with E-state index in [1.807, 2.05) is 18.3 Å². The topological polar surface area (TPSA) is 40.8 Å². The number of anilines is 1. The maximum atomic E-state index is 13.4. The Balaban J connectivity index is 2.06. The van der Waals surface area contributed by atoms with Crippen molar-refractivity contribution in [3.05, 3.63) is 53.6 Å². The standard InChI is InChI=1S/C15H16FN3/c1-2-7-19-8-6-12(11-19)10-18-15-5-3-4-14(16)13(15)9-17/h3-6,8,11,18H,2,7,10H2,1H3. The van der Waals surface area contributed by atoms with Crippen LogP contribution in [0.2, 0.25) is 0 Å². The summed E-state index contributed by atoms with van der Waals surface area (Å²) < 4.78 is 15.5. The fourth-order valence-electron chi connectivity index (χ4n) is 1.97. The van der Waals surface area contributed by atoms with Crippen LogP contribution < -0.4 is 5.32 Å². The molecule has 0 aliphatic heterocycles. The van der Waals surface area contributed by atoms with Gasteiger partial charge in [0.25, 0.3) is 0 Å². The summed E-state index contributed by atoms with van der Waals surface area (Å²) in [4.78, 5) is 0. The molecule has 19 heavy (non-hydrogen) atoms. The molecule has 0 fully saturated rings. The molecule has 2 rings (SSSR count). The molecule has 0 aliphatic rings. The van der Waals surface area contributed by atoms with Crippen LogP contribution >= 0.6 is 0 Å². The Bertz CT molecular complexity index is 596.